The second-order valence-electron chi connectivity index (χ2n) is 6.81. The Labute approximate surface area is 144 Å². The summed E-state index contributed by atoms with van der Waals surface area (Å²) in [5.74, 6) is -0.0854. The Kier molecular flexibility index (Phi) is 5.38. The lowest BCUT2D eigenvalue weighted by molar-refractivity contribution is -0.121. The fourth-order valence-electron chi connectivity index (χ4n) is 3.59. The summed E-state index contributed by atoms with van der Waals surface area (Å²) in [5, 5.41) is 3.02. The van der Waals surface area contributed by atoms with Crippen molar-refractivity contribution in [2.45, 2.75) is 39.0 Å². The third-order valence-electron chi connectivity index (χ3n) is 5.04. The number of piperidine rings is 1. The highest BCUT2D eigenvalue weighted by molar-refractivity contribution is 5.93. The average molecular weight is 329 g/mol. The van der Waals surface area contributed by atoms with E-state index in [1.807, 2.05) is 28.0 Å². The number of hydrogen-bond donors (Lipinski definition) is 1. The molecule has 2 aliphatic heterocycles. The number of nitrogens with one attached hydrogen (secondary N) is 1. The molecule has 2 aliphatic rings. The molecule has 0 aromatic heterocycles. The van der Waals surface area contributed by atoms with Crippen LogP contribution in [0.4, 0.5) is 10.5 Å². The van der Waals surface area contributed by atoms with Crippen LogP contribution in [-0.4, -0.2) is 47.9 Å². The van der Waals surface area contributed by atoms with Crippen molar-refractivity contribution >= 4 is 17.6 Å². The third kappa shape index (κ3) is 3.89. The molecular weight excluding hydrogens is 302 g/mol. The maximum atomic E-state index is 12.6. The van der Waals surface area contributed by atoms with Crippen LogP contribution in [0.15, 0.2) is 24.3 Å². The summed E-state index contributed by atoms with van der Waals surface area (Å²) in [6.45, 7) is 5.12. The fraction of sp³-hybridized carbons (Fsp3) is 0.579. The molecule has 5 heteroatoms. The maximum Gasteiger partial charge on any atom is 0.320 e. The molecule has 2 fully saturated rings. The van der Waals surface area contributed by atoms with Gasteiger partial charge in [0.05, 0.1) is 5.92 Å². The number of anilines is 1. The number of hydrogen-bond acceptors (Lipinski definition) is 2. The molecule has 1 aromatic rings. The van der Waals surface area contributed by atoms with Gasteiger partial charge in [-0.05, 0) is 49.8 Å². The van der Waals surface area contributed by atoms with Gasteiger partial charge in [-0.15, -0.1) is 0 Å². The molecule has 5 nitrogen and oxygen atoms in total. The molecular formula is C19H27N3O2. The number of amides is 3. The molecule has 3 amide bonds. The molecule has 0 aliphatic carbocycles. The first-order chi connectivity index (χ1) is 11.7. The zero-order chi connectivity index (χ0) is 16.9. The summed E-state index contributed by atoms with van der Waals surface area (Å²) in [6, 6.07) is 8.09. The quantitative estimate of drug-likeness (QED) is 0.926. The van der Waals surface area contributed by atoms with E-state index in [1.165, 1.54) is 5.56 Å². The Morgan fingerprint density at radius 2 is 1.88 bits per heavy atom. The van der Waals surface area contributed by atoms with Gasteiger partial charge in [-0.2, -0.15) is 0 Å². The SMILES string of the molecule is CCc1cccc(NC(=O)[C@H]2CCCN(C(=O)N3CCCC3)C2)c1. The van der Waals surface area contributed by atoms with Crippen LogP contribution in [-0.2, 0) is 11.2 Å². The second-order valence-corrected chi connectivity index (χ2v) is 6.81. The van der Waals surface area contributed by atoms with E-state index < -0.39 is 0 Å². The molecule has 2 heterocycles. The monoisotopic (exact) mass is 329 g/mol. The first kappa shape index (κ1) is 16.8. The van der Waals surface area contributed by atoms with Crippen molar-refractivity contribution in [3.05, 3.63) is 29.8 Å². The van der Waals surface area contributed by atoms with Crippen LogP contribution in [0.25, 0.3) is 0 Å². The predicted octanol–water partition coefficient (Wildman–Crippen LogP) is 3.12. The molecule has 0 bridgehead atoms. The lowest BCUT2D eigenvalue weighted by Crippen LogP contribution is -2.48. The fourth-order valence-corrected chi connectivity index (χ4v) is 3.59. The third-order valence-corrected chi connectivity index (χ3v) is 5.04. The smallest absolute Gasteiger partial charge is 0.320 e. The molecule has 1 atom stereocenters. The van der Waals surface area contributed by atoms with Gasteiger partial charge in [0, 0.05) is 31.9 Å². The molecule has 3 rings (SSSR count). The van der Waals surface area contributed by atoms with Gasteiger partial charge >= 0.3 is 6.03 Å². The number of carbonyl (C=O) groups is 2. The largest absolute Gasteiger partial charge is 0.326 e. The van der Waals surface area contributed by atoms with Crippen molar-refractivity contribution in [3.63, 3.8) is 0 Å². The van der Waals surface area contributed by atoms with Crippen molar-refractivity contribution < 1.29 is 9.59 Å². The van der Waals surface area contributed by atoms with Crippen molar-refractivity contribution in [2.24, 2.45) is 5.92 Å². The van der Waals surface area contributed by atoms with Crippen LogP contribution in [0, 0.1) is 5.92 Å². The van der Waals surface area contributed by atoms with Gasteiger partial charge in [0.1, 0.15) is 0 Å². The Hall–Kier alpha value is -2.04. The number of urea groups is 1. The Balaban J connectivity index is 1.59. The van der Waals surface area contributed by atoms with Gasteiger partial charge in [-0.3, -0.25) is 4.79 Å². The van der Waals surface area contributed by atoms with Gasteiger partial charge in [-0.25, -0.2) is 4.79 Å². The average Bonchev–Trinajstić information content (AvgIpc) is 3.16. The van der Waals surface area contributed by atoms with E-state index in [2.05, 4.69) is 18.3 Å². The van der Waals surface area contributed by atoms with Gasteiger partial charge < -0.3 is 15.1 Å². The van der Waals surface area contributed by atoms with Crippen LogP contribution in [0.3, 0.4) is 0 Å². The minimum Gasteiger partial charge on any atom is -0.326 e. The number of aryl methyl sites for hydroxylation is 1. The van der Waals surface area contributed by atoms with Crippen molar-refractivity contribution in [1.29, 1.82) is 0 Å². The standard InChI is InChI=1S/C19H27N3O2/c1-2-15-7-5-9-17(13-15)20-18(23)16-8-6-12-22(14-16)19(24)21-10-3-4-11-21/h5,7,9,13,16H,2-4,6,8,10-12,14H2,1H3,(H,20,23)/t16-/m0/s1. The molecule has 0 spiro atoms. The van der Waals surface area contributed by atoms with E-state index in [-0.39, 0.29) is 17.9 Å². The zero-order valence-corrected chi connectivity index (χ0v) is 14.5. The maximum absolute atomic E-state index is 12.6. The van der Waals surface area contributed by atoms with Crippen molar-refractivity contribution in [3.8, 4) is 0 Å². The van der Waals surface area contributed by atoms with Gasteiger partial charge in [0.2, 0.25) is 5.91 Å². The first-order valence-corrected chi connectivity index (χ1v) is 9.11. The van der Waals surface area contributed by atoms with Crippen molar-refractivity contribution in [2.75, 3.05) is 31.5 Å². The minimum atomic E-state index is -0.115. The molecule has 0 radical (unpaired) electrons. The van der Waals surface area contributed by atoms with Gasteiger partial charge in [0.25, 0.3) is 0 Å². The molecule has 1 aromatic carbocycles. The van der Waals surface area contributed by atoms with Crippen LogP contribution < -0.4 is 5.32 Å². The molecule has 0 saturated carbocycles. The summed E-state index contributed by atoms with van der Waals surface area (Å²) < 4.78 is 0. The van der Waals surface area contributed by atoms with Crippen LogP contribution in [0.5, 0.6) is 0 Å². The number of likely N-dealkylation sites (tertiary alicyclic amines) is 2. The zero-order valence-electron chi connectivity index (χ0n) is 14.5. The second kappa shape index (κ2) is 7.69. The molecule has 130 valence electrons. The summed E-state index contributed by atoms with van der Waals surface area (Å²) in [5.41, 5.74) is 2.06. The Bertz CT molecular complexity index is 596. The Morgan fingerprint density at radius 3 is 2.62 bits per heavy atom. The highest BCUT2D eigenvalue weighted by atomic mass is 16.2. The number of nitrogens with zero attached hydrogens (tertiary/aromatic N) is 2. The normalized spacial score (nSPS) is 21.0. The molecule has 2 saturated heterocycles. The van der Waals surface area contributed by atoms with Crippen LogP contribution in [0.1, 0.15) is 38.2 Å². The lowest BCUT2D eigenvalue weighted by Gasteiger charge is -2.34. The predicted molar refractivity (Wildman–Crippen MR) is 94.9 cm³/mol. The summed E-state index contributed by atoms with van der Waals surface area (Å²) in [7, 11) is 0. The highest BCUT2D eigenvalue weighted by Crippen LogP contribution is 2.21. The summed E-state index contributed by atoms with van der Waals surface area (Å²) >= 11 is 0. The Morgan fingerprint density at radius 1 is 1.12 bits per heavy atom. The van der Waals surface area contributed by atoms with Crippen molar-refractivity contribution in [1.82, 2.24) is 9.80 Å². The minimum absolute atomic E-state index is 0.0298. The number of benzene rings is 1. The summed E-state index contributed by atoms with van der Waals surface area (Å²) in [6.07, 6.45) is 4.88. The van der Waals surface area contributed by atoms with E-state index in [4.69, 9.17) is 0 Å². The van der Waals surface area contributed by atoms with Gasteiger partial charge in [0.15, 0.2) is 0 Å². The molecule has 1 N–H and O–H groups in total. The number of rotatable bonds is 3. The van der Waals surface area contributed by atoms with Gasteiger partial charge in [-0.1, -0.05) is 19.1 Å². The topological polar surface area (TPSA) is 52.7 Å². The number of carbonyl (C=O) groups excluding carboxylic acids is 2. The van der Waals surface area contributed by atoms with E-state index in [0.717, 1.165) is 57.4 Å². The van der Waals surface area contributed by atoms with E-state index in [1.54, 1.807) is 0 Å². The van der Waals surface area contributed by atoms with Crippen LogP contribution >= 0.6 is 0 Å². The molecule has 0 unspecified atom stereocenters. The van der Waals surface area contributed by atoms with E-state index >= 15 is 0 Å². The first-order valence-electron chi connectivity index (χ1n) is 9.11. The summed E-state index contributed by atoms with van der Waals surface area (Å²) in [4.78, 5) is 28.9. The highest BCUT2D eigenvalue weighted by Gasteiger charge is 2.31. The van der Waals surface area contributed by atoms with Crippen LogP contribution in [0.2, 0.25) is 0 Å². The van der Waals surface area contributed by atoms with E-state index in [9.17, 15) is 9.59 Å². The lowest BCUT2D eigenvalue weighted by atomic mass is 9.97. The molecule has 24 heavy (non-hydrogen) atoms. The van der Waals surface area contributed by atoms with E-state index in [0.29, 0.717) is 6.54 Å².